The molecule has 0 unspecified atom stereocenters. The number of hydrogen-bond acceptors (Lipinski definition) is 2. The predicted octanol–water partition coefficient (Wildman–Crippen LogP) is 4.18. The highest BCUT2D eigenvalue weighted by Crippen LogP contribution is 2.31. The van der Waals surface area contributed by atoms with E-state index in [0.717, 1.165) is 38.5 Å². The number of carbonyl (C=O) groups is 1. The number of nitrogens with one attached hydrogen (secondary N) is 1. The second kappa shape index (κ2) is 10.2. The Morgan fingerprint density at radius 1 is 1.10 bits per heavy atom. The first-order valence-electron chi connectivity index (χ1n) is 9.05. The highest BCUT2D eigenvalue weighted by atomic mass is 16.3. The van der Waals surface area contributed by atoms with Crippen molar-refractivity contribution < 1.29 is 9.90 Å². The zero-order valence-electron chi connectivity index (χ0n) is 14.1. The van der Waals surface area contributed by atoms with Crippen LogP contribution in [0.1, 0.15) is 90.9 Å². The fourth-order valence-corrected chi connectivity index (χ4v) is 3.07. The molecular formula is C18H35NO2. The number of carbonyl (C=O) groups excluding carboxylic acids is 1. The molecule has 2 N–H and O–H groups in total. The summed E-state index contributed by atoms with van der Waals surface area (Å²) in [4.78, 5) is 11.8. The number of amides is 1. The van der Waals surface area contributed by atoms with Crippen molar-refractivity contribution in [3.8, 4) is 0 Å². The van der Waals surface area contributed by atoms with E-state index in [1.165, 1.54) is 32.1 Å². The first-order chi connectivity index (χ1) is 10.1. The van der Waals surface area contributed by atoms with Crippen LogP contribution in [0.15, 0.2) is 0 Å². The van der Waals surface area contributed by atoms with Gasteiger partial charge in [-0.05, 0) is 38.0 Å². The molecule has 0 aliphatic heterocycles. The molecule has 124 valence electrons. The van der Waals surface area contributed by atoms with Crippen LogP contribution in [-0.2, 0) is 4.79 Å². The summed E-state index contributed by atoms with van der Waals surface area (Å²) in [6.45, 7) is 4.90. The first-order valence-corrected chi connectivity index (χ1v) is 9.05. The Hall–Kier alpha value is -0.570. The fraction of sp³-hybridized carbons (Fsp3) is 0.944. The third kappa shape index (κ3) is 8.45. The summed E-state index contributed by atoms with van der Waals surface area (Å²) < 4.78 is 0. The second-order valence-electron chi connectivity index (χ2n) is 7.05. The number of rotatable bonds is 10. The summed E-state index contributed by atoms with van der Waals surface area (Å²) in [6.07, 6.45) is 13.0. The van der Waals surface area contributed by atoms with Crippen LogP contribution in [0.2, 0.25) is 0 Å². The third-order valence-electron chi connectivity index (χ3n) is 4.83. The quantitative estimate of drug-likeness (QED) is 0.594. The highest BCUT2D eigenvalue weighted by molar-refractivity contribution is 5.75. The molecule has 1 saturated carbocycles. The number of hydrogen-bond donors (Lipinski definition) is 2. The van der Waals surface area contributed by atoms with Crippen LogP contribution in [0.5, 0.6) is 0 Å². The van der Waals surface area contributed by atoms with Gasteiger partial charge in [-0.2, -0.15) is 0 Å². The zero-order chi connectivity index (χ0) is 15.6. The van der Waals surface area contributed by atoms with Gasteiger partial charge in [0, 0.05) is 13.0 Å². The first kappa shape index (κ1) is 18.5. The molecule has 1 amide bonds. The van der Waals surface area contributed by atoms with E-state index in [-0.39, 0.29) is 5.91 Å². The summed E-state index contributed by atoms with van der Waals surface area (Å²) in [5, 5.41) is 13.3. The Bertz CT molecular complexity index is 283. The van der Waals surface area contributed by atoms with E-state index in [4.69, 9.17) is 0 Å². The lowest BCUT2D eigenvalue weighted by atomic mass is 9.79. The van der Waals surface area contributed by atoms with Crippen LogP contribution in [0.4, 0.5) is 0 Å². The van der Waals surface area contributed by atoms with Crippen LogP contribution >= 0.6 is 0 Å². The molecule has 3 nitrogen and oxygen atoms in total. The fourth-order valence-electron chi connectivity index (χ4n) is 3.07. The van der Waals surface area contributed by atoms with Gasteiger partial charge in [-0.3, -0.25) is 4.79 Å². The second-order valence-corrected chi connectivity index (χ2v) is 7.05. The summed E-state index contributed by atoms with van der Waals surface area (Å²) in [7, 11) is 0. The van der Waals surface area contributed by atoms with Crippen LogP contribution in [0.25, 0.3) is 0 Å². The van der Waals surface area contributed by atoms with Gasteiger partial charge in [0.1, 0.15) is 0 Å². The maximum Gasteiger partial charge on any atom is 0.220 e. The maximum absolute atomic E-state index is 11.8. The Morgan fingerprint density at radius 2 is 1.67 bits per heavy atom. The summed E-state index contributed by atoms with van der Waals surface area (Å²) in [5.41, 5.74) is -0.650. The molecule has 0 aromatic rings. The molecule has 0 saturated heterocycles. The zero-order valence-corrected chi connectivity index (χ0v) is 14.1. The van der Waals surface area contributed by atoms with Crippen LogP contribution in [-0.4, -0.2) is 23.2 Å². The summed E-state index contributed by atoms with van der Waals surface area (Å²) >= 11 is 0. The Kier molecular flexibility index (Phi) is 8.98. The Labute approximate surface area is 130 Å². The van der Waals surface area contributed by atoms with Crippen molar-refractivity contribution in [1.29, 1.82) is 0 Å². The SMILES string of the molecule is CCCCCCCCCC(=O)NCC1(O)CCC(C)CC1. The third-order valence-corrected chi connectivity index (χ3v) is 4.83. The average molecular weight is 297 g/mol. The van der Waals surface area contributed by atoms with Crippen LogP contribution < -0.4 is 5.32 Å². The lowest BCUT2D eigenvalue weighted by Gasteiger charge is -2.34. The van der Waals surface area contributed by atoms with Gasteiger partial charge < -0.3 is 10.4 Å². The van der Waals surface area contributed by atoms with E-state index in [2.05, 4.69) is 19.2 Å². The molecule has 3 heteroatoms. The van der Waals surface area contributed by atoms with E-state index in [1.54, 1.807) is 0 Å². The highest BCUT2D eigenvalue weighted by Gasteiger charge is 2.31. The molecule has 0 atom stereocenters. The Morgan fingerprint density at radius 3 is 2.29 bits per heavy atom. The molecule has 0 heterocycles. The van der Waals surface area contributed by atoms with Gasteiger partial charge in [-0.25, -0.2) is 0 Å². The predicted molar refractivity (Wildman–Crippen MR) is 88.2 cm³/mol. The molecule has 0 spiro atoms. The van der Waals surface area contributed by atoms with Crippen LogP contribution in [0, 0.1) is 5.92 Å². The van der Waals surface area contributed by atoms with Gasteiger partial charge >= 0.3 is 0 Å². The van der Waals surface area contributed by atoms with E-state index >= 15 is 0 Å². The van der Waals surface area contributed by atoms with Gasteiger partial charge in [0.25, 0.3) is 0 Å². The van der Waals surface area contributed by atoms with Crippen molar-refractivity contribution in [2.45, 2.75) is 96.5 Å². The van der Waals surface area contributed by atoms with E-state index in [0.29, 0.717) is 18.9 Å². The van der Waals surface area contributed by atoms with Gasteiger partial charge in [0.2, 0.25) is 5.91 Å². The largest absolute Gasteiger partial charge is 0.388 e. The molecule has 1 aliphatic carbocycles. The monoisotopic (exact) mass is 297 g/mol. The molecule has 1 fully saturated rings. The molecule has 0 bridgehead atoms. The molecule has 0 aromatic heterocycles. The number of aliphatic hydroxyl groups is 1. The van der Waals surface area contributed by atoms with E-state index < -0.39 is 5.60 Å². The van der Waals surface area contributed by atoms with Crippen molar-refractivity contribution in [3.63, 3.8) is 0 Å². The van der Waals surface area contributed by atoms with Crippen molar-refractivity contribution in [2.75, 3.05) is 6.54 Å². The lowest BCUT2D eigenvalue weighted by Crippen LogP contribution is -2.45. The van der Waals surface area contributed by atoms with E-state index in [9.17, 15) is 9.90 Å². The van der Waals surface area contributed by atoms with Crippen molar-refractivity contribution >= 4 is 5.91 Å². The molecule has 21 heavy (non-hydrogen) atoms. The minimum atomic E-state index is -0.650. The summed E-state index contributed by atoms with van der Waals surface area (Å²) in [5.74, 6) is 0.823. The molecule has 0 aromatic carbocycles. The number of unbranched alkanes of at least 4 members (excludes halogenated alkanes) is 6. The van der Waals surface area contributed by atoms with Crippen molar-refractivity contribution in [1.82, 2.24) is 5.32 Å². The van der Waals surface area contributed by atoms with Crippen molar-refractivity contribution in [3.05, 3.63) is 0 Å². The standard InChI is InChI=1S/C18H35NO2/c1-3-4-5-6-7-8-9-10-17(20)19-15-18(21)13-11-16(2)12-14-18/h16,21H,3-15H2,1-2H3,(H,19,20). The van der Waals surface area contributed by atoms with E-state index in [1.807, 2.05) is 0 Å². The van der Waals surface area contributed by atoms with Gasteiger partial charge in [-0.15, -0.1) is 0 Å². The minimum Gasteiger partial charge on any atom is -0.388 e. The van der Waals surface area contributed by atoms with Gasteiger partial charge in [0.15, 0.2) is 0 Å². The van der Waals surface area contributed by atoms with Gasteiger partial charge in [0.05, 0.1) is 5.60 Å². The maximum atomic E-state index is 11.8. The summed E-state index contributed by atoms with van der Waals surface area (Å²) in [6, 6.07) is 0. The van der Waals surface area contributed by atoms with Crippen LogP contribution in [0.3, 0.4) is 0 Å². The lowest BCUT2D eigenvalue weighted by molar-refractivity contribution is -0.123. The topological polar surface area (TPSA) is 49.3 Å². The molecule has 1 aliphatic rings. The van der Waals surface area contributed by atoms with Crippen molar-refractivity contribution in [2.24, 2.45) is 5.92 Å². The Balaban J connectivity index is 2.01. The molecule has 0 radical (unpaired) electrons. The minimum absolute atomic E-state index is 0.107. The normalized spacial score (nSPS) is 25.8. The average Bonchev–Trinajstić information content (AvgIpc) is 2.48. The molecular weight excluding hydrogens is 262 g/mol. The molecule has 1 rings (SSSR count). The smallest absolute Gasteiger partial charge is 0.220 e. The van der Waals surface area contributed by atoms with Gasteiger partial charge in [-0.1, -0.05) is 52.4 Å².